The van der Waals surface area contributed by atoms with Crippen LogP contribution in [0, 0.1) is 0 Å². The molecule has 108 valence electrons. The fourth-order valence-electron chi connectivity index (χ4n) is 3.48. The smallest absolute Gasteiger partial charge is 0.109 e. The molecule has 0 radical (unpaired) electrons. The fourth-order valence-corrected chi connectivity index (χ4v) is 3.48. The van der Waals surface area contributed by atoms with Gasteiger partial charge in [-0.25, -0.2) is 4.98 Å². The van der Waals surface area contributed by atoms with E-state index in [1.165, 1.54) is 5.52 Å². The Hall–Kier alpha value is -1.39. The minimum Gasteiger partial charge on any atom is -0.394 e. The quantitative estimate of drug-likeness (QED) is 0.902. The normalized spacial score (nSPS) is 27.1. The molecule has 0 spiro atoms. The van der Waals surface area contributed by atoms with Crippen molar-refractivity contribution >= 4 is 11.0 Å². The van der Waals surface area contributed by atoms with Crippen LogP contribution in [-0.4, -0.2) is 26.8 Å². The molecule has 1 aromatic heterocycles. The van der Waals surface area contributed by atoms with E-state index in [4.69, 9.17) is 10.7 Å². The van der Waals surface area contributed by atoms with Gasteiger partial charge in [0.15, 0.2) is 0 Å². The predicted octanol–water partition coefficient (Wildman–Crippen LogP) is 2.40. The summed E-state index contributed by atoms with van der Waals surface area (Å²) in [6.45, 7) is 2.21. The minimum atomic E-state index is -0.431. The first-order valence-corrected chi connectivity index (χ1v) is 7.52. The summed E-state index contributed by atoms with van der Waals surface area (Å²) in [5.74, 6) is 1.12. The Labute approximate surface area is 119 Å². The van der Waals surface area contributed by atoms with E-state index < -0.39 is 5.54 Å². The average Bonchev–Trinajstić information content (AvgIpc) is 2.86. The lowest BCUT2D eigenvalue weighted by atomic mass is 9.80. The monoisotopic (exact) mass is 273 g/mol. The lowest BCUT2D eigenvalue weighted by molar-refractivity contribution is 0.131. The van der Waals surface area contributed by atoms with Crippen molar-refractivity contribution in [1.82, 2.24) is 9.55 Å². The van der Waals surface area contributed by atoms with Crippen molar-refractivity contribution in [3.8, 4) is 0 Å². The number of hydrogen-bond donors (Lipinski definition) is 2. The Balaban J connectivity index is 2.04. The molecule has 4 nitrogen and oxygen atoms in total. The summed E-state index contributed by atoms with van der Waals surface area (Å²) in [6, 6.07) is 8.64. The van der Waals surface area contributed by atoms with Crippen molar-refractivity contribution in [2.75, 3.05) is 6.61 Å². The average molecular weight is 273 g/mol. The first-order valence-electron chi connectivity index (χ1n) is 7.52. The number of imidazole rings is 1. The summed E-state index contributed by atoms with van der Waals surface area (Å²) in [5, 5.41) is 9.56. The number of hydrogen-bond acceptors (Lipinski definition) is 3. The number of para-hydroxylation sites is 2. The van der Waals surface area contributed by atoms with E-state index in [2.05, 4.69) is 29.7 Å². The molecule has 0 saturated heterocycles. The number of aliphatic hydroxyl groups excluding tert-OH is 1. The molecule has 1 heterocycles. The van der Waals surface area contributed by atoms with Crippen LogP contribution in [0.2, 0.25) is 0 Å². The molecular formula is C16H23N3O. The molecule has 0 aliphatic heterocycles. The van der Waals surface area contributed by atoms with Gasteiger partial charge in [-0.15, -0.1) is 0 Å². The topological polar surface area (TPSA) is 64.1 Å². The highest BCUT2D eigenvalue weighted by Gasteiger charge is 2.34. The van der Waals surface area contributed by atoms with Gasteiger partial charge in [-0.3, -0.25) is 0 Å². The highest BCUT2D eigenvalue weighted by molar-refractivity contribution is 5.76. The van der Waals surface area contributed by atoms with Crippen molar-refractivity contribution in [3.63, 3.8) is 0 Å². The maximum Gasteiger partial charge on any atom is 0.109 e. The van der Waals surface area contributed by atoms with Crippen LogP contribution in [0.5, 0.6) is 0 Å². The number of nitrogens with two attached hydrogens (primary N) is 1. The van der Waals surface area contributed by atoms with Crippen LogP contribution in [-0.2, 0) is 6.42 Å². The number of rotatable bonds is 3. The van der Waals surface area contributed by atoms with Gasteiger partial charge in [0.25, 0.3) is 0 Å². The summed E-state index contributed by atoms with van der Waals surface area (Å²) in [4.78, 5) is 4.74. The van der Waals surface area contributed by atoms with Crippen molar-refractivity contribution < 1.29 is 5.11 Å². The molecule has 20 heavy (non-hydrogen) atoms. The van der Waals surface area contributed by atoms with E-state index in [-0.39, 0.29) is 6.61 Å². The second kappa shape index (κ2) is 5.19. The van der Waals surface area contributed by atoms with Crippen LogP contribution in [0.4, 0.5) is 0 Å². The Bertz CT molecular complexity index is 607. The number of aromatic nitrogens is 2. The van der Waals surface area contributed by atoms with Gasteiger partial charge in [0.05, 0.1) is 17.6 Å². The van der Waals surface area contributed by atoms with E-state index in [1.54, 1.807) is 0 Å². The number of benzene rings is 1. The van der Waals surface area contributed by atoms with Crippen LogP contribution in [0.25, 0.3) is 11.0 Å². The van der Waals surface area contributed by atoms with Gasteiger partial charge in [-0.05, 0) is 37.8 Å². The Morgan fingerprint density at radius 3 is 3.00 bits per heavy atom. The molecular weight excluding hydrogens is 250 g/mol. The van der Waals surface area contributed by atoms with Crippen molar-refractivity contribution in [3.05, 3.63) is 30.1 Å². The molecule has 0 bridgehead atoms. The van der Waals surface area contributed by atoms with E-state index >= 15 is 0 Å². The maximum absolute atomic E-state index is 9.56. The third-order valence-corrected chi connectivity index (χ3v) is 4.52. The second-order valence-electron chi connectivity index (χ2n) is 6.01. The van der Waals surface area contributed by atoms with Crippen LogP contribution in [0.15, 0.2) is 24.3 Å². The van der Waals surface area contributed by atoms with Gasteiger partial charge in [0, 0.05) is 18.0 Å². The molecule has 2 atom stereocenters. The van der Waals surface area contributed by atoms with E-state index in [9.17, 15) is 5.11 Å². The zero-order valence-corrected chi connectivity index (χ0v) is 12.0. The standard InChI is InChI=1S/C16H23N3O/c1-2-15-18-13-7-3-4-8-14(13)19(15)12-6-5-9-16(17,10-12)11-20/h3-4,7-8,12,20H,2,5-6,9-11,17H2,1H3. The fraction of sp³-hybridized carbons (Fsp3) is 0.562. The Morgan fingerprint density at radius 1 is 1.45 bits per heavy atom. The molecule has 1 saturated carbocycles. The molecule has 1 fully saturated rings. The summed E-state index contributed by atoms with van der Waals surface area (Å²) in [5.41, 5.74) is 8.12. The van der Waals surface area contributed by atoms with Gasteiger partial charge in [0.2, 0.25) is 0 Å². The molecule has 2 unspecified atom stereocenters. The van der Waals surface area contributed by atoms with Crippen molar-refractivity contribution in [2.45, 2.75) is 50.6 Å². The zero-order chi connectivity index (χ0) is 14.2. The van der Waals surface area contributed by atoms with E-state index in [0.29, 0.717) is 6.04 Å². The SMILES string of the molecule is CCc1nc2ccccc2n1C1CCCC(N)(CO)C1. The van der Waals surface area contributed by atoms with Gasteiger partial charge >= 0.3 is 0 Å². The molecule has 0 amide bonds. The highest BCUT2D eigenvalue weighted by atomic mass is 16.3. The highest BCUT2D eigenvalue weighted by Crippen LogP contribution is 2.36. The molecule has 3 N–H and O–H groups in total. The zero-order valence-electron chi connectivity index (χ0n) is 12.0. The molecule has 1 aromatic carbocycles. The van der Waals surface area contributed by atoms with Gasteiger partial charge in [0.1, 0.15) is 5.82 Å². The molecule has 2 aromatic rings. The van der Waals surface area contributed by atoms with Crippen LogP contribution in [0.3, 0.4) is 0 Å². The van der Waals surface area contributed by atoms with Gasteiger partial charge in [-0.1, -0.05) is 19.1 Å². The number of nitrogens with zero attached hydrogens (tertiary/aromatic N) is 2. The van der Waals surface area contributed by atoms with Crippen LogP contribution < -0.4 is 5.73 Å². The van der Waals surface area contributed by atoms with E-state index in [1.807, 2.05) is 6.07 Å². The lowest BCUT2D eigenvalue weighted by Gasteiger charge is -2.37. The van der Waals surface area contributed by atoms with Gasteiger partial charge < -0.3 is 15.4 Å². The van der Waals surface area contributed by atoms with Crippen molar-refractivity contribution in [2.24, 2.45) is 5.73 Å². The minimum absolute atomic E-state index is 0.0671. The van der Waals surface area contributed by atoms with Crippen molar-refractivity contribution in [1.29, 1.82) is 0 Å². The summed E-state index contributed by atoms with van der Waals surface area (Å²) >= 11 is 0. The largest absolute Gasteiger partial charge is 0.394 e. The summed E-state index contributed by atoms with van der Waals surface area (Å²) in [6.07, 6.45) is 4.84. The molecule has 1 aliphatic carbocycles. The third kappa shape index (κ3) is 2.23. The Kier molecular flexibility index (Phi) is 3.52. The maximum atomic E-state index is 9.56. The molecule has 1 aliphatic rings. The van der Waals surface area contributed by atoms with Gasteiger partial charge in [-0.2, -0.15) is 0 Å². The van der Waals surface area contributed by atoms with E-state index in [0.717, 1.165) is 43.4 Å². The summed E-state index contributed by atoms with van der Waals surface area (Å²) in [7, 11) is 0. The van der Waals surface area contributed by atoms with Crippen LogP contribution >= 0.6 is 0 Å². The number of aliphatic hydroxyl groups is 1. The molecule has 3 rings (SSSR count). The second-order valence-corrected chi connectivity index (χ2v) is 6.01. The number of aryl methyl sites for hydroxylation is 1. The first kappa shape index (κ1) is 13.6. The Morgan fingerprint density at radius 2 is 2.25 bits per heavy atom. The third-order valence-electron chi connectivity index (χ3n) is 4.52. The predicted molar refractivity (Wildman–Crippen MR) is 80.6 cm³/mol. The van der Waals surface area contributed by atoms with Crippen LogP contribution in [0.1, 0.15) is 44.5 Å². The number of fused-ring (bicyclic) bond motifs is 1. The first-order chi connectivity index (χ1) is 9.67. The summed E-state index contributed by atoms with van der Waals surface area (Å²) < 4.78 is 2.35. The molecule has 4 heteroatoms. The lowest BCUT2D eigenvalue weighted by Crippen LogP contribution is -2.48.